The van der Waals surface area contributed by atoms with Gasteiger partial charge in [0.05, 0.1) is 14.2 Å². The van der Waals surface area contributed by atoms with Crippen molar-refractivity contribution in [1.29, 1.82) is 0 Å². The van der Waals surface area contributed by atoms with E-state index in [-0.39, 0.29) is 24.0 Å². The predicted octanol–water partition coefficient (Wildman–Crippen LogP) is 6.66. The van der Waals surface area contributed by atoms with Gasteiger partial charge in [0, 0.05) is 35.9 Å². The molecule has 1 unspecified atom stereocenters. The largest absolute Gasteiger partial charge is 0.468 e. The Morgan fingerprint density at radius 2 is 1.07 bits per heavy atom. The zero-order chi connectivity index (χ0) is 29.6. The molecule has 2 aliphatic heterocycles. The molecule has 4 aromatic rings. The number of methoxy groups -OCH3 is 2. The van der Waals surface area contributed by atoms with Crippen molar-refractivity contribution in [3.8, 4) is 0 Å². The highest BCUT2D eigenvalue weighted by molar-refractivity contribution is 7.10. The number of nitrogens with zero attached hydrogens (tertiary/aromatic N) is 2. The summed E-state index contributed by atoms with van der Waals surface area (Å²) in [5.41, 5.74) is 7.03. The Labute approximate surface area is 256 Å². The monoisotopic (exact) mass is 602 g/mol. The third-order valence-corrected chi connectivity index (χ3v) is 10.3. The lowest BCUT2D eigenvalue weighted by atomic mass is 9.97. The van der Waals surface area contributed by atoms with E-state index in [4.69, 9.17) is 9.47 Å². The number of benzene rings is 2. The zero-order valence-electron chi connectivity index (χ0n) is 24.7. The molecule has 0 amide bonds. The Bertz CT molecular complexity index is 1410. The number of hydrogen-bond donors (Lipinski definition) is 0. The van der Waals surface area contributed by atoms with Crippen LogP contribution >= 0.6 is 22.7 Å². The summed E-state index contributed by atoms with van der Waals surface area (Å²) >= 11 is 3.62. The Morgan fingerprint density at radius 3 is 1.45 bits per heavy atom. The van der Waals surface area contributed by atoms with Crippen molar-refractivity contribution in [3.63, 3.8) is 0 Å². The molecule has 2 aromatic carbocycles. The predicted molar refractivity (Wildman–Crippen MR) is 169 cm³/mol. The fourth-order valence-electron chi connectivity index (χ4n) is 5.94. The van der Waals surface area contributed by atoms with Crippen LogP contribution in [0.4, 0.5) is 0 Å². The first-order valence-corrected chi connectivity index (χ1v) is 16.0. The first-order chi connectivity index (χ1) is 20.4. The molecule has 6 rings (SSSR count). The second-order valence-electron chi connectivity index (χ2n) is 10.7. The third kappa shape index (κ3) is 6.52. The van der Waals surface area contributed by atoms with Crippen LogP contribution in [-0.2, 0) is 45.0 Å². The summed E-state index contributed by atoms with van der Waals surface area (Å²) < 4.78 is 10.1. The highest BCUT2D eigenvalue weighted by Gasteiger charge is 2.33. The Morgan fingerprint density at radius 1 is 0.667 bits per heavy atom. The number of aryl methyl sites for hydroxylation is 2. The van der Waals surface area contributed by atoms with Crippen LogP contribution in [0.3, 0.4) is 0 Å². The van der Waals surface area contributed by atoms with Gasteiger partial charge in [-0.3, -0.25) is 9.80 Å². The number of rotatable bonds is 6. The molecule has 2 aromatic heterocycles. The molecule has 0 saturated heterocycles. The standard InChI is InChI=1S/2C17H19NO2S/c2*1-12-5-3-4-6-14(12)16(17(19)20-2)18-9-7-15-13(11-18)8-10-21-15/h2*3-6,8,10,16H,7,9,11H2,1-2H3/t16-;/m0./s1. The van der Waals surface area contributed by atoms with Gasteiger partial charge in [-0.05, 0) is 83.0 Å². The summed E-state index contributed by atoms with van der Waals surface area (Å²) in [6.45, 7) is 7.50. The minimum absolute atomic E-state index is 0.178. The van der Waals surface area contributed by atoms with E-state index < -0.39 is 0 Å². The summed E-state index contributed by atoms with van der Waals surface area (Å²) in [4.78, 5) is 32.0. The van der Waals surface area contributed by atoms with E-state index in [2.05, 4.69) is 32.7 Å². The Kier molecular flexibility index (Phi) is 9.90. The van der Waals surface area contributed by atoms with Gasteiger partial charge in [-0.1, -0.05) is 48.5 Å². The average Bonchev–Trinajstić information content (AvgIpc) is 3.68. The number of thiophene rings is 2. The number of carbonyl (C=O) groups excluding carboxylic acids is 2. The van der Waals surface area contributed by atoms with Crippen LogP contribution in [0.25, 0.3) is 0 Å². The number of hydrogen-bond acceptors (Lipinski definition) is 8. The molecule has 6 nitrogen and oxygen atoms in total. The topological polar surface area (TPSA) is 59.1 Å². The normalized spacial score (nSPS) is 16.3. The maximum atomic E-state index is 12.4. The van der Waals surface area contributed by atoms with Gasteiger partial charge >= 0.3 is 11.9 Å². The highest BCUT2D eigenvalue weighted by Crippen LogP contribution is 2.33. The van der Waals surface area contributed by atoms with Gasteiger partial charge in [0.15, 0.2) is 0 Å². The maximum Gasteiger partial charge on any atom is 0.327 e. The lowest BCUT2D eigenvalue weighted by Crippen LogP contribution is -2.38. The van der Waals surface area contributed by atoms with Gasteiger partial charge in [-0.2, -0.15) is 0 Å². The molecule has 2 atom stereocenters. The van der Waals surface area contributed by atoms with Crippen molar-refractivity contribution in [3.05, 3.63) is 115 Å². The van der Waals surface area contributed by atoms with Crippen LogP contribution in [-0.4, -0.2) is 49.0 Å². The SMILES string of the molecule is COC(=O)C(c1ccccc1C)N1CCc2sccc2C1.COC(=O)[C@H](c1ccccc1C)N1CCc2sccc2C1. The number of ether oxygens (including phenoxy) is 2. The molecule has 0 saturated carbocycles. The molecule has 0 spiro atoms. The van der Waals surface area contributed by atoms with Crippen LogP contribution in [0.2, 0.25) is 0 Å². The van der Waals surface area contributed by atoms with Gasteiger partial charge in [0.2, 0.25) is 0 Å². The molecule has 4 heterocycles. The van der Waals surface area contributed by atoms with Gasteiger partial charge in [0.25, 0.3) is 0 Å². The van der Waals surface area contributed by atoms with Crippen LogP contribution in [0, 0.1) is 13.8 Å². The summed E-state index contributed by atoms with van der Waals surface area (Å²) in [6, 6.07) is 19.8. The number of carbonyl (C=O) groups is 2. The molecule has 0 bridgehead atoms. The van der Waals surface area contributed by atoms with Crippen molar-refractivity contribution in [2.75, 3.05) is 27.3 Å². The van der Waals surface area contributed by atoms with Crippen molar-refractivity contribution >= 4 is 34.6 Å². The summed E-state index contributed by atoms with van der Waals surface area (Å²) in [5, 5.41) is 4.27. The molecule has 42 heavy (non-hydrogen) atoms. The molecule has 220 valence electrons. The molecule has 0 aliphatic carbocycles. The maximum absolute atomic E-state index is 12.4. The summed E-state index contributed by atoms with van der Waals surface area (Å²) in [5.74, 6) is -0.356. The number of esters is 2. The number of fused-ring (bicyclic) bond motifs is 2. The van der Waals surface area contributed by atoms with Crippen molar-refractivity contribution in [2.24, 2.45) is 0 Å². The molecular formula is C34H38N2O4S2. The summed E-state index contributed by atoms with van der Waals surface area (Å²) in [6.07, 6.45) is 2.01. The van der Waals surface area contributed by atoms with Crippen molar-refractivity contribution < 1.29 is 19.1 Å². The zero-order valence-corrected chi connectivity index (χ0v) is 26.3. The van der Waals surface area contributed by atoms with E-state index in [1.165, 1.54) is 35.1 Å². The Balaban J connectivity index is 0.000000168. The molecule has 0 fully saturated rings. The van der Waals surface area contributed by atoms with E-state index in [0.29, 0.717) is 0 Å². The molecule has 0 N–H and O–H groups in total. The van der Waals surface area contributed by atoms with Crippen LogP contribution in [0.1, 0.15) is 55.2 Å². The third-order valence-electron chi connectivity index (χ3n) is 8.22. The van der Waals surface area contributed by atoms with Crippen LogP contribution in [0.5, 0.6) is 0 Å². The lowest BCUT2D eigenvalue weighted by Gasteiger charge is -2.33. The van der Waals surface area contributed by atoms with Crippen LogP contribution < -0.4 is 0 Å². The fourth-order valence-corrected chi connectivity index (χ4v) is 7.72. The molecular weight excluding hydrogens is 565 g/mol. The van der Waals surface area contributed by atoms with E-state index in [1.54, 1.807) is 0 Å². The molecule has 0 radical (unpaired) electrons. The minimum atomic E-state index is -0.316. The Hall–Kier alpha value is -3.30. The second-order valence-corrected chi connectivity index (χ2v) is 12.7. The van der Waals surface area contributed by atoms with Crippen molar-refractivity contribution in [2.45, 2.75) is 51.9 Å². The van der Waals surface area contributed by atoms with Crippen LogP contribution in [0.15, 0.2) is 71.4 Å². The van der Waals surface area contributed by atoms with Crippen molar-refractivity contribution in [1.82, 2.24) is 9.80 Å². The van der Waals surface area contributed by atoms with E-state index in [9.17, 15) is 9.59 Å². The highest BCUT2D eigenvalue weighted by atomic mass is 32.1. The van der Waals surface area contributed by atoms with E-state index in [0.717, 1.165) is 61.3 Å². The first-order valence-electron chi connectivity index (χ1n) is 14.3. The van der Waals surface area contributed by atoms with Gasteiger partial charge in [-0.25, -0.2) is 9.59 Å². The lowest BCUT2D eigenvalue weighted by molar-refractivity contribution is -0.148. The van der Waals surface area contributed by atoms with Gasteiger partial charge < -0.3 is 9.47 Å². The first kappa shape index (κ1) is 30.2. The average molecular weight is 603 g/mol. The minimum Gasteiger partial charge on any atom is -0.468 e. The molecule has 2 aliphatic rings. The van der Waals surface area contributed by atoms with E-state index >= 15 is 0 Å². The van der Waals surface area contributed by atoms with Gasteiger partial charge in [-0.15, -0.1) is 22.7 Å². The summed E-state index contributed by atoms with van der Waals surface area (Å²) in [7, 11) is 2.93. The quantitative estimate of drug-likeness (QED) is 0.230. The second kappa shape index (κ2) is 13.8. The molecule has 8 heteroatoms. The fraction of sp³-hybridized carbons (Fsp3) is 0.353. The van der Waals surface area contributed by atoms with E-state index in [1.807, 2.05) is 85.1 Å². The smallest absolute Gasteiger partial charge is 0.327 e. The van der Waals surface area contributed by atoms with Gasteiger partial charge in [0.1, 0.15) is 12.1 Å².